The second kappa shape index (κ2) is 6.04. The van der Waals surface area contributed by atoms with Crippen LogP contribution in [0.15, 0.2) is 36.5 Å². The van der Waals surface area contributed by atoms with Crippen molar-refractivity contribution < 1.29 is 4.74 Å². The highest BCUT2D eigenvalue weighted by Gasteiger charge is 2.14. The predicted octanol–water partition coefficient (Wildman–Crippen LogP) is 3.36. The monoisotopic (exact) mass is 276 g/mol. The van der Waals surface area contributed by atoms with E-state index in [0.29, 0.717) is 10.8 Å². The number of aromatic nitrogens is 1. The van der Waals surface area contributed by atoms with Gasteiger partial charge >= 0.3 is 0 Å². The first-order valence-electron chi connectivity index (χ1n) is 6.09. The maximum atomic E-state index is 6.06. The summed E-state index contributed by atoms with van der Waals surface area (Å²) in [6.45, 7) is 1.98. The minimum absolute atomic E-state index is 0.0906. The Morgan fingerprint density at radius 3 is 2.58 bits per heavy atom. The molecule has 100 valence electrons. The van der Waals surface area contributed by atoms with Gasteiger partial charge in [-0.3, -0.25) is 4.98 Å². The van der Waals surface area contributed by atoms with Crippen LogP contribution in [0.3, 0.4) is 0 Å². The van der Waals surface area contributed by atoms with Gasteiger partial charge in [0, 0.05) is 11.9 Å². The van der Waals surface area contributed by atoms with E-state index in [0.717, 1.165) is 11.3 Å². The number of aryl methyl sites for hydroxylation is 1. The molecule has 0 aliphatic carbocycles. The first-order chi connectivity index (χ1) is 9.15. The Morgan fingerprint density at radius 2 is 1.95 bits per heavy atom. The SMILES string of the molecule is CNC(c1ccnc(C)c1)c1ccc(Cl)c(OC)c1. The zero-order valence-electron chi connectivity index (χ0n) is 11.3. The molecule has 0 fully saturated rings. The Bertz CT molecular complexity index is 572. The summed E-state index contributed by atoms with van der Waals surface area (Å²) in [5.74, 6) is 0.685. The van der Waals surface area contributed by atoms with Gasteiger partial charge < -0.3 is 10.1 Å². The second-order valence-electron chi connectivity index (χ2n) is 4.35. The van der Waals surface area contributed by atoms with Crippen LogP contribution in [0.4, 0.5) is 0 Å². The van der Waals surface area contributed by atoms with E-state index in [1.807, 2.05) is 44.4 Å². The van der Waals surface area contributed by atoms with Gasteiger partial charge in [-0.2, -0.15) is 0 Å². The molecule has 4 heteroatoms. The summed E-state index contributed by atoms with van der Waals surface area (Å²) in [6, 6.07) is 9.99. The highest BCUT2D eigenvalue weighted by molar-refractivity contribution is 6.32. The number of nitrogens with one attached hydrogen (secondary N) is 1. The number of benzene rings is 1. The van der Waals surface area contributed by atoms with Crippen LogP contribution in [-0.2, 0) is 0 Å². The quantitative estimate of drug-likeness (QED) is 0.930. The lowest BCUT2D eigenvalue weighted by atomic mass is 9.99. The molecule has 0 bridgehead atoms. The van der Waals surface area contributed by atoms with Gasteiger partial charge in [0.1, 0.15) is 5.75 Å². The van der Waals surface area contributed by atoms with Crippen LogP contribution in [0, 0.1) is 6.92 Å². The van der Waals surface area contributed by atoms with Crippen LogP contribution in [-0.4, -0.2) is 19.1 Å². The zero-order chi connectivity index (χ0) is 13.8. The molecular formula is C15H17ClN2O. The van der Waals surface area contributed by atoms with Crippen LogP contribution in [0.1, 0.15) is 22.9 Å². The van der Waals surface area contributed by atoms with Crippen LogP contribution < -0.4 is 10.1 Å². The Hall–Kier alpha value is -1.58. The van der Waals surface area contributed by atoms with Crippen molar-refractivity contribution in [3.63, 3.8) is 0 Å². The van der Waals surface area contributed by atoms with Gasteiger partial charge in [0.2, 0.25) is 0 Å². The van der Waals surface area contributed by atoms with Crippen molar-refractivity contribution in [1.82, 2.24) is 10.3 Å². The molecular weight excluding hydrogens is 260 g/mol. The third-order valence-corrected chi connectivity index (χ3v) is 3.36. The number of rotatable bonds is 4. The fourth-order valence-corrected chi connectivity index (χ4v) is 2.32. The summed E-state index contributed by atoms with van der Waals surface area (Å²) < 4.78 is 5.27. The first kappa shape index (κ1) is 13.8. The standard InChI is InChI=1S/C15H17ClN2O/c1-10-8-12(6-7-18-10)15(17-2)11-4-5-13(16)14(9-11)19-3/h4-9,15,17H,1-3H3. The molecule has 2 rings (SSSR count). The molecule has 0 amide bonds. The van der Waals surface area contributed by atoms with Crippen LogP contribution in [0.25, 0.3) is 0 Å². The first-order valence-corrected chi connectivity index (χ1v) is 6.46. The highest BCUT2D eigenvalue weighted by atomic mass is 35.5. The summed E-state index contributed by atoms with van der Waals surface area (Å²) in [7, 11) is 3.55. The van der Waals surface area contributed by atoms with E-state index in [1.54, 1.807) is 7.11 Å². The van der Waals surface area contributed by atoms with Gasteiger partial charge in [-0.15, -0.1) is 0 Å². The average Bonchev–Trinajstić information content (AvgIpc) is 2.41. The Morgan fingerprint density at radius 1 is 1.21 bits per heavy atom. The van der Waals surface area contributed by atoms with Gasteiger partial charge in [0.25, 0.3) is 0 Å². The minimum Gasteiger partial charge on any atom is -0.495 e. The number of hydrogen-bond acceptors (Lipinski definition) is 3. The maximum absolute atomic E-state index is 6.06. The summed E-state index contributed by atoms with van der Waals surface area (Å²) in [5.41, 5.74) is 3.27. The molecule has 1 aromatic heterocycles. The van der Waals surface area contributed by atoms with Gasteiger partial charge in [-0.25, -0.2) is 0 Å². The molecule has 0 spiro atoms. The van der Waals surface area contributed by atoms with E-state index in [1.165, 1.54) is 5.56 Å². The molecule has 2 aromatic rings. The van der Waals surface area contributed by atoms with E-state index in [2.05, 4.69) is 16.4 Å². The summed E-state index contributed by atoms with van der Waals surface area (Å²) >= 11 is 6.06. The zero-order valence-corrected chi connectivity index (χ0v) is 12.0. The Kier molecular flexibility index (Phi) is 4.40. The second-order valence-corrected chi connectivity index (χ2v) is 4.75. The van der Waals surface area contributed by atoms with Crippen LogP contribution in [0.2, 0.25) is 5.02 Å². The highest BCUT2D eigenvalue weighted by Crippen LogP contribution is 2.30. The van der Waals surface area contributed by atoms with Gasteiger partial charge in [-0.05, 0) is 49.4 Å². The molecule has 19 heavy (non-hydrogen) atoms. The van der Waals surface area contributed by atoms with Crippen molar-refractivity contribution in [2.45, 2.75) is 13.0 Å². The number of pyridine rings is 1. The molecule has 1 aromatic carbocycles. The lowest BCUT2D eigenvalue weighted by Crippen LogP contribution is -2.18. The van der Waals surface area contributed by atoms with Gasteiger partial charge in [-0.1, -0.05) is 17.7 Å². The number of ether oxygens (including phenoxy) is 1. The maximum Gasteiger partial charge on any atom is 0.137 e. The molecule has 0 aliphatic heterocycles. The lowest BCUT2D eigenvalue weighted by molar-refractivity contribution is 0.414. The molecule has 1 heterocycles. The molecule has 0 saturated carbocycles. The molecule has 0 aliphatic rings. The number of halogens is 1. The van der Waals surface area contributed by atoms with Crippen molar-refractivity contribution in [3.8, 4) is 5.75 Å². The van der Waals surface area contributed by atoms with E-state index < -0.39 is 0 Å². The van der Waals surface area contributed by atoms with E-state index in [4.69, 9.17) is 16.3 Å². The van der Waals surface area contributed by atoms with Crippen molar-refractivity contribution >= 4 is 11.6 Å². The molecule has 0 saturated heterocycles. The van der Waals surface area contributed by atoms with Crippen molar-refractivity contribution in [1.29, 1.82) is 0 Å². The molecule has 1 atom stereocenters. The van der Waals surface area contributed by atoms with Crippen molar-refractivity contribution in [3.05, 3.63) is 58.4 Å². The molecule has 1 N–H and O–H groups in total. The van der Waals surface area contributed by atoms with Crippen LogP contribution >= 0.6 is 11.6 Å². The topological polar surface area (TPSA) is 34.2 Å². The fraction of sp³-hybridized carbons (Fsp3) is 0.267. The van der Waals surface area contributed by atoms with E-state index in [9.17, 15) is 0 Å². The third-order valence-electron chi connectivity index (χ3n) is 3.05. The minimum atomic E-state index is 0.0906. The normalized spacial score (nSPS) is 12.2. The third kappa shape index (κ3) is 3.06. The Labute approximate surface area is 118 Å². The Balaban J connectivity index is 2.42. The predicted molar refractivity (Wildman–Crippen MR) is 77.9 cm³/mol. The summed E-state index contributed by atoms with van der Waals surface area (Å²) in [6.07, 6.45) is 1.82. The fourth-order valence-electron chi connectivity index (χ4n) is 2.13. The molecule has 3 nitrogen and oxygen atoms in total. The number of hydrogen-bond donors (Lipinski definition) is 1. The van der Waals surface area contributed by atoms with E-state index >= 15 is 0 Å². The van der Waals surface area contributed by atoms with Crippen molar-refractivity contribution in [2.75, 3.05) is 14.2 Å². The van der Waals surface area contributed by atoms with E-state index in [-0.39, 0.29) is 6.04 Å². The largest absolute Gasteiger partial charge is 0.495 e. The average molecular weight is 277 g/mol. The van der Waals surface area contributed by atoms with Gasteiger partial charge in [0.15, 0.2) is 0 Å². The smallest absolute Gasteiger partial charge is 0.137 e. The summed E-state index contributed by atoms with van der Waals surface area (Å²) in [4.78, 5) is 4.22. The number of nitrogens with zero attached hydrogens (tertiary/aromatic N) is 1. The summed E-state index contributed by atoms with van der Waals surface area (Å²) in [5, 5.41) is 3.92. The van der Waals surface area contributed by atoms with Crippen LogP contribution in [0.5, 0.6) is 5.75 Å². The lowest BCUT2D eigenvalue weighted by Gasteiger charge is -2.18. The van der Waals surface area contributed by atoms with Gasteiger partial charge in [0.05, 0.1) is 18.2 Å². The molecule has 0 radical (unpaired) electrons. The molecule has 1 unspecified atom stereocenters. The number of methoxy groups -OCH3 is 1. The van der Waals surface area contributed by atoms with Crippen molar-refractivity contribution in [2.24, 2.45) is 0 Å².